The van der Waals surface area contributed by atoms with Crippen LogP contribution >= 0.6 is 0 Å². The van der Waals surface area contributed by atoms with Crippen molar-refractivity contribution < 1.29 is 0 Å². The number of hydrogen-bond donors (Lipinski definition) is 0. The van der Waals surface area contributed by atoms with E-state index in [2.05, 4.69) is 264 Å². The molecule has 0 saturated heterocycles. The van der Waals surface area contributed by atoms with Crippen molar-refractivity contribution in [2.45, 2.75) is 0 Å². The maximum atomic E-state index is 2.62. The van der Waals surface area contributed by atoms with E-state index >= 15 is 0 Å². The number of nitrogens with zero attached hydrogens (tertiary/aromatic N) is 2. The highest BCUT2D eigenvalue weighted by Crippen LogP contribution is 2.41. The van der Waals surface area contributed by atoms with Crippen molar-refractivity contribution in [1.29, 1.82) is 0 Å². The van der Waals surface area contributed by atoms with Crippen LogP contribution in [0.25, 0.3) is 77.2 Å². The van der Waals surface area contributed by atoms with Gasteiger partial charge in [0, 0.05) is 27.2 Å². The van der Waals surface area contributed by atoms with Gasteiger partial charge in [-0.05, 0) is 85.5 Å². The second-order valence-corrected chi connectivity index (χ2v) is 20.2. The number of benzene rings is 10. The standard InChI is InChI=1S/C60H42N2Si/c1-6-21-43(22-7-1)45-25-18-26-47(41-45)61-54-35-17-16-33-52(54)59-56(61)36-20-37-57(59)62-55-40-39-46(44-23-8-2-9-24-44)42-53(55)51-34-19-38-58(60(51)62)63(48-27-10-3-11-28-48,49-29-12-4-13-30-49)50-31-14-5-15-32-50/h1-42H. The van der Waals surface area contributed by atoms with E-state index in [0.29, 0.717) is 0 Å². The highest BCUT2D eigenvalue weighted by atomic mass is 28.3. The van der Waals surface area contributed by atoms with Crippen molar-refractivity contribution >= 4 is 72.4 Å². The van der Waals surface area contributed by atoms with Crippen LogP contribution in [0.15, 0.2) is 255 Å². The van der Waals surface area contributed by atoms with Crippen LogP contribution in [0.3, 0.4) is 0 Å². The molecule has 0 unspecified atom stereocenters. The number of rotatable bonds is 8. The van der Waals surface area contributed by atoms with E-state index in [1.54, 1.807) is 0 Å². The normalized spacial score (nSPS) is 11.8. The first-order chi connectivity index (χ1) is 31.3. The molecule has 0 bridgehead atoms. The van der Waals surface area contributed by atoms with Gasteiger partial charge in [-0.2, -0.15) is 0 Å². The molecule has 0 aliphatic heterocycles. The van der Waals surface area contributed by atoms with Gasteiger partial charge in [-0.1, -0.05) is 212 Å². The van der Waals surface area contributed by atoms with E-state index in [9.17, 15) is 0 Å². The molecule has 0 atom stereocenters. The topological polar surface area (TPSA) is 9.86 Å². The Morgan fingerprint density at radius 1 is 0.286 bits per heavy atom. The van der Waals surface area contributed by atoms with Gasteiger partial charge in [-0.3, -0.25) is 0 Å². The first-order valence-electron chi connectivity index (χ1n) is 21.8. The molecule has 2 heterocycles. The van der Waals surface area contributed by atoms with Crippen LogP contribution < -0.4 is 20.7 Å². The number of aromatic nitrogens is 2. The van der Waals surface area contributed by atoms with Crippen LogP contribution in [-0.2, 0) is 0 Å². The second-order valence-electron chi connectivity index (χ2n) is 16.4. The monoisotopic (exact) mass is 818 g/mol. The molecule has 63 heavy (non-hydrogen) atoms. The SMILES string of the molecule is c1ccc(-c2cccc(-n3c4ccccc4c4c(-n5c6ccc(-c7ccccc7)cc6c6cccc([Si](c7ccccc7)(c7ccccc7)c7ccccc7)c65)cccc43)c2)cc1. The van der Waals surface area contributed by atoms with Gasteiger partial charge in [-0.25, -0.2) is 0 Å². The molecule has 0 aliphatic rings. The lowest BCUT2D eigenvalue weighted by Crippen LogP contribution is -2.75. The van der Waals surface area contributed by atoms with Crippen LogP contribution in [0.2, 0.25) is 0 Å². The molecule has 12 rings (SSSR count). The summed E-state index contributed by atoms with van der Waals surface area (Å²) >= 11 is 0. The van der Waals surface area contributed by atoms with E-state index in [-0.39, 0.29) is 0 Å². The lowest BCUT2D eigenvalue weighted by molar-refractivity contribution is 1.17. The summed E-state index contributed by atoms with van der Waals surface area (Å²) in [7, 11) is -3.00. The summed E-state index contributed by atoms with van der Waals surface area (Å²) < 4.78 is 5.07. The highest BCUT2D eigenvalue weighted by Gasteiger charge is 2.43. The van der Waals surface area contributed by atoms with Crippen LogP contribution in [0.1, 0.15) is 0 Å². The van der Waals surface area contributed by atoms with Crippen molar-refractivity contribution in [3.8, 4) is 33.6 Å². The van der Waals surface area contributed by atoms with Crippen molar-refractivity contribution in [3.05, 3.63) is 255 Å². The van der Waals surface area contributed by atoms with E-state index in [1.807, 2.05) is 0 Å². The summed E-state index contributed by atoms with van der Waals surface area (Å²) in [5.74, 6) is 0. The maximum Gasteiger partial charge on any atom is 0.181 e. The molecule has 0 amide bonds. The number of para-hydroxylation sites is 2. The second kappa shape index (κ2) is 15.2. The molecule has 0 radical (unpaired) electrons. The average Bonchev–Trinajstić information content (AvgIpc) is 3.89. The molecule has 10 aromatic carbocycles. The minimum Gasteiger partial charge on any atom is -0.309 e. The molecule has 0 spiro atoms. The summed E-state index contributed by atoms with van der Waals surface area (Å²) in [5, 5.41) is 10.3. The van der Waals surface area contributed by atoms with Gasteiger partial charge >= 0.3 is 0 Å². The fourth-order valence-electron chi connectivity index (χ4n) is 10.4. The fraction of sp³-hybridized carbons (Fsp3) is 0. The Kier molecular flexibility index (Phi) is 8.87. The minimum atomic E-state index is -3.00. The van der Waals surface area contributed by atoms with Gasteiger partial charge in [0.15, 0.2) is 8.07 Å². The Bertz CT molecular complexity index is 3500. The molecule has 0 N–H and O–H groups in total. The maximum absolute atomic E-state index is 3.00. The number of fused-ring (bicyclic) bond motifs is 6. The molecule has 0 saturated carbocycles. The Morgan fingerprint density at radius 2 is 0.762 bits per heavy atom. The van der Waals surface area contributed by atoms with Gasteiger partial charge in [0.1, 0.15) is 0 Å². The van der Waals surface area contributed by atoms with Crippen molar-refractivity contribution in [2.24, 2.45) is 0 Å². The Hall–Kier alpha value is -7.98. The average molecular weight is 819 g/mol. The van der Waals surface area contributed by atoms with Crippen molar-refractivity contribution in [3.63, 3.8) is 0 Å². The van der Waals surface area contributed by atoms with Crippen molar-refractivity contribution in [2.75, 3.05) is 0 Å². The van der Waals surface area contributed by atoms with Crippen molar-refractivity contribution in [1.82, 2.24) is 9.13 Å². The first kappa shape index (κ1) is 36.8. The Balaban J connectivity index is 1.24. The molecular weight excluding hydrogens is 777 g/mol. The predicted molar refractivity (Wildman–Crippen MR) is 270 cm³/mol. The molecular formula is C60H42N2Si. The predicted octanol–water partition coefficient (Wildman–Crippen LogP) is 12.6. The third kappa shape index (κ3) is 5.85. The molecule has 3 heteroatoms. The zero-order valence-corrected chi connectivity index (χ0v) is 35.6. The smallest absolute Gasteiger partial charge is 0.181 e. The molecule has 2 aromatic heterocycles. The fourth-order valence-corrected chi connectivity index (χ4v) is 15.3. The van der Waals surface area contributed by atoms with E-state index in [0.717, 1.165) is 5.69 Å². The van der Waals surface area contributed by atoms with Crippen LogP contribution in [-0.4, -0.2) is 17.2 Å². The molecule has 296 valence electrons. The van der Waals surface area contributed by atoms with Gasteiger partial charge in [0.05, 0.1) is 27.8 Å². The van der Waals surface area contributed by atoms with Crippen LogP contribution in [0.4, 0.5) is 0 Å². The third-order valence-electron chi connectivity index (χ3n) is 13.0. The Morgan fingerprint density at radius 3 is 1.40 bits per heavy atom. The summed E-state index contributed by atoms with van der Waals surface area (Å²) in [6.45, 7) is 0. The van der Waals surface area contributed by atoms with Gasteiger partial charge in [-0.15, -0.1) is 0 Å². The molecule has 0 fully saturated rings. The third-order valence-corrected chi connectivity index (χ3v) is 17.9. The zero-order chi connectivity index (χ0) is 41.7. The molecule has 12 aromatic rings. The minimum absolute atomic E-state index is 1.14. The van der Waals surface area contributed by atoms with Gasteiger partial charge in [0.2, 0.25) is 0 Å². The summed E-state index contributed by atoms with van der Waals surface area (Å²) in [5.41, 5.74) is 11.9. The molecule has 2 nitrogen and oxygen atoms in total. The summed E-state index contributed by atoms with van der Waals surface area (Å²) in [4.78, 5) is 0. The summed E-state index contributed by atoms with van der Waals surface area (Å²) in [6.07, 6.45) is 0. The first-order valence-corrected chi connectivity index (χ1v) is 23.8. The van der Waals surface area contributed by atoms with Crippen LogP contribution in [0, 0.1) is 0 Å². The van der Waals surface area contributed by atoms with Gasteiger partial charge in [0.25, 0.3) is 0 Å². The van der Waals surface area contributed by atoms with Gasteiger partial charge < -0.3 is 9.13 Å². The van der Waals surface area contributed by atoms with E-state index in [4.69, 9.17) is 0 Å². The largest absolute Gasteiger partial charge is 0.309 e. The highest BCUT2D eigenvalue weighted by molar-refractivity contribution is 7.20. The quantitative estimate of drug-likeness (QED) is 0.107. The van der Waals surface area contributed by atoms with E-state index < -0.39 is 8.07 Å². The van der Waals surface area contributed by atoms with Crippen LogP contribution in [0.5, 0.6) is 0 Å². The number of hydrogen-bond acceptors (Lipinski definition) is 0. The lowest BCUT2D eigenvalue weighted by Gasteiger charge is -2.35. The Labute approximate surface area is 368 Å². The lowest BCUT2D eigenvalue weighted by atomic mass is 10.0. The summed E-state index contributed by atoms with van der Waals surface area (Å²) in [6, 6.07) is 94.4. The molecule has 0 aliphatic carbocycles. The zero-order valence-electron chi connectivity index (χ0n) is 34.6. The van der Waals surface area contributed by atoms with E-state index in [1.165, 1.54) is 92.3 Å².